The Hall–Kier alpha value is -2.66. The standard InChI is InChI=1S/C21H22O5/c1-14-15(2)21(26-20(23)17-11-7-4-8-12-17)25-18(14)13-24-19(22)16-9-5-3-6-10-16/h3-12,14-15,18,21H,13H2,1-2H3/t14?,15?,18-,21-/m1/s1. The molecule has 3 rings (SSSR count). The molecule has 1 saturated heterocycles. The molecule has 0 aliphatic carbocycles. The number of carbonyl (C=O) groups excluding carboxylic acids is 2. The van der Waals surface area contributed by atoms with Gasteiger partial charge in [-0.25, -0.2) is 9.59 Å². The molecule has 136 valence electrons. The zero-order chi connectivity index (χ0) is 18.5. The van der Waals surface area contributed by atoms with E-state index in [2.05, 4.69) is 0 Å². The minimum absolute atomic E-state index is 0.00286. The van der Waals surface area contributed by atoms with E-state index in [0.717, 1.165) is 0 Å². The molecule has 1 aliphatic rings. The highest BCUT2D eigenvalue weighted by Gasteiger charge is 2.42. The van der Waals surface area contributed by atoms with Gasteiger partial charge in [0.05, 0.1) is 17.2 Å². The molecule has 1 aliphatic heterocycles. The van der Waals surface area contributed by atoms with E-state index in [1.54, 1.807) is 48.5 Å². The second-order valence-electron chi connectivity index (χ2n) is 6.50. The molecule has 5 nitrogen and oxygen atoms in total. The molecule has 2 aromatic rings. The number of rotatable bonds is 5. The second kappa shape index (κ2) is 8.15. The molecule has 0 amide bonds. The Labute approximate surface area is 152 Å². The van der Waals surface area contributed by atoms with Crippen LogP contribution >= 0.6 is 0 Å². The SMILES string of the molecule is CC1C(C)[C@@H](COC(=O)c2ccccc2)O[C@@H]1OC(=O)c1ccccc1. The van der Waals surface area contributed by atoms with Gasteiger partial charge < -0.3 is 14.2 Å². The average Bonchev–Trinajstić information content (AvgIpc) is 2.95. The van der Waals surface area contributed by atoms with Crippen molar-refractivity contribution >= 4 is 11.9 Å². The summed E-state index contributed by atoms with van der Waals surface area (Å²) in [7, 11) is 0. The summed E-state index contributed by atoms with van der Waals surface area (Å²) >= 11 is 0. The summed E-state index contributed by atoms with van der Waals surface area (Å²) in [6, 6.07) is 17.6. The fraction of sp³-hybridized carbons (Fsp3) is 0.333. The van der Waals surface area contributed by atoms with Crippen molar-refractivity contribution in [2.75, 3.05) is 6.61 Å². The van der Waals surface area contributed by atoms with Crippen molar-refractivity contribution in [3.63, 3.8) is 0 Å². The first-order chi connectivity index (χ1) is 12.6. The van der Waals surface area contributed by atoms with Crippen molar-refractivity contribution < 1.29 is 23.8 Å². The molecule has 0 radical (unpaired) electrons. The predicted octanol–water partition coefficient (Wildman–Crippen LogP) is 3.70. The maximum absolute atomic E-state index is 12.2. The molecule has 4 atom stereocenters. The molecule has 2 unspecified atom stereocenters. The van der Waals surface area contributed by atoms with Crippen molar-refractivity contribution in [3.8, 4) is 0 Å². The van der Waals surface area contributed by atoms with Gasteiger partial charge in [0.1, 0.15) is 6.61 Å². The lowest BCUT2D eigenvalue weighted by Crippen LogP contribution is -2.24. The van der Waals surface area contributed by atoms with Gasteiger partial charge in [-0.2, -0.15) is 0 Å². The van der Waals surface area contributed by atoms with E-state index in [1.165, 1.54) is 0 Å². The molecule has 5 heteroatoms. The Balaban J connectivity index is 1.56. The minimum Gasteiger partial charge on any atom is -0.459 e. The number of ether oxygens (including phenoxy) is 3. The second-order valence-corrected chi connectivity index (χ2v) is 6.50. The lowest BCUT2D eigenvalue weighted by molar-refractivity contribution is -0.124. The van der Waals surface area contributed by atoms with Gasteiger partial charge in [-0.15, -0.1) is 0 Å². The van der Waals surface area contributed by atoms with Crippen LogP contribution in [0.3, 0.4) is 0 Å². The number of carbonyl (C=O) groups is 2. The van der Waals surface area contributed by atoms with E-state index in [4.69, 9.17) is 14.2 Å². The normalized spacial score (nSPS) is 24.8. The molecular weight excluding hydrogens is 332 g/mol. The highest BCUT2D eigenvalue weighted by molar-refractivity contribution is 5.89. The van der Waals surface area contributed by atoms with Crippen molar-refractivity contribution in [3.05, 3.63) is 71.8 Å². The molecule has 0 N–H and O–H groups in total. The Morgan fingerprint density at radius 1 is 0.846 bits per heavy atom. The van der Waals surface area contributed by atoms with Crippen LogP contribution < -0.4 is 0 Å². The van der Waals surface area contributed by atoms with E-state index in [-0.39, 0.29) is 24.5 Å². The summed E-state index contributed by atoms with van der Waals surface area (Å²) in [5, 5.41) is 0. The lowest BCUT2D eigenvalue weighted by Gasteiger charge is -2.16. The van der Waals surface area contributed by atoms with Crippen molar-refractivity contribution in [1.82, 2.24) is 0 Å². The van der Waals surface area contributed by atoms with Crippen LogP contribution in [0.15, 0.2) is 60.7 Å². The first-order valence-electron chi connectivity index (χ1n) is 8.70. The fourth-order valence-corrected chi connectivity index (χ4v) is 2.90. The number of benzene rings is 2. The molecule has 1 heterocycles. The predicted molar refractivity (Wildman–Crippen MR) is 95.6 cm³/mol. The summed E-state index contributed by atoms with van der Waals surface area (Å²) in [5.74, 6) is -0.717. The first kappa shape index (κ1) is 18.1. The third-order valence-electron chi connectivity index (χ3n) is 4.77. The third kappa shape index (κ3) is 4.11. The molecule has 0 aromatic heterocycles. The van der Waals surface area contributed by atoms with Crippen molar-refractivity contribution in [1.29, 1.82) is 0 Å². The van der Waals surface area contributed by atoms with Crippen LogP contribution in [0.4, 0.5) is 0 Å². The Kier molecular flexibility index (Phi) is 5.68. The van der Waals surface area contributed by atoms with Crippen LogP contribution in [0.2, 0.25) is 0 Å². The highest BCUT2D eigenvalue weighted by Crippen LogP contribution is 2.33. The number of hydrogen-bond donors (Lipinski definition) is 0. The van der Waals surface area contributed by atoms with Crippen LogP contribution in [0, 0.1) is 11.8 Å². The van der Waals surface area contributed by atoms with Crippen LogP contribution in [-0.4, -0.2) is 30.9 Å². The van der Waals surface area contributed by atoms with Crippen molar-refractivity contribution in [2.24, 2.45) is 11.8 Å². The third-order valence-corrected chi connectivity index (χ3v) is 4.77. The summed E-state index contributed by atoms with van der Waals surface area (Å²) < 4.78 is 16.7. The maximum Gasteiger partial charge on any atom is 0.340 e. The molecule has 26 heavy (non-hydrogen) atoms. The van der Waals surface area contributed by atoms with Gasteiger partial charge in [-0.3, -0.25) is 0 Å². The number of hydrogen-bond acceptors (Lipinski definition) is 5. The van der Waals surface area contributed by atoms with Gasteiger partial charge in [0, 0.05) is 5.92 Å². The fourth-order valence-electron chi connectivity index (χ4n) is 2.90. The maximum atomic E-state index is 12.2. The molecule has 1 fully saturated rings. The quantitative estimate of drug-likeness (QED) is 0.766. The smallest absolute Gasteiger partial charge is 0.340 e. The van der Waals surface area contributed by atoms with Gasteiger partial charge in [0.15, 0.2) is 0 Å². The first-order valence-corrected chi connectivity index (χ1v) is 8.70. The summed E-state index contributed by atoms with van der Waals surface area (Å²) in [6.07, 6.45) is -0.968. The van der Waals surface area contributed by atoms with E-state index in [1.807, 2.05) is 26.0 Å². The molecule has 0 spiro atoms. The van der Waals surface area contributed by atoms with Gasteiger partial charge in [0.25, 0.3) is 0 Å². The average molecular weight is 354 g/mol. The largest absolute Gasteiger partial charge is 0.459 e. The molecule has 0 saturated carbocycles. The Morgan fingerprint density at radius 2 is 1.38 bits per heavy atom. The topological polar surface area (TPSA) is 61.8 Å². The van der Waals surface area contributed by atoms with E-state index < -0.39 is 18.2 Å². The summed E-state index contributed by atoms with van der Waals surface area (Å²) in [4.78, 5) is 24.3. The van der Waals surface area contributed by atoms with E-state index in [9.17, 15) is 9.59 Å². The monoisotopic (exact) mass is 354 g/mol. The zero-order valence-corrected chi connectivity index (χ0v) is 14.8. The van der Waals surface area contributed by atoms with Crippen LogP contribution in [0.25, 0.3) is 0 Å². The summed E-state index contributed by atoms with van der Waals surface area (Å²) in [6.45, 7) is 4.09. The number of esters is 2. The van der Waals surface area contributed by atoms with Crippen LogP contribution in [-0.2, 0) is 14.2 Å². The summed E-state index contributed by atoms with van der Waals surface area (Å²) in [5.41, 5.74) is 0.980. The van der Waals surface area contributed by atoms with E-state index >= 15 is 0 Å². The Morgan fingerprint density at radius 3 is 1.96 bits per heavy atom. The van der Waals surface area contributed by atoms with Crippen molar-refractivity contribution in [2.45, 2.75) is 26.2 Å². The Bertz CT molecular complexity index is 744. The van der Waals surface area contributed by atoms with Crippen LogP contribution in [0.5, 0.6) is 0 Å². The van der Waals surface area contributed by atoms with Gasteiger partial charge in [-0.1, -0.05) is 50.2 Å². The van der Waals surface area contributed by atoms with Gasteiger partial charge in [-0.05, 0) is 30.2 Å². The molecular formula is C21H22O5. The molecule has 0 bridgehead atoms. The van der Waals surface area contributed by atoms with Gasteiger partial charge in [0.2, 0.25) is 6.29 Å². The van der Waals surface area contributed by atoms with Crippen LogP contribution in [0.1, 0.15) is 34.6 Å². The van der Waals surface area contributed by atoms with E-state index in [0.29, 0.717) is 11.1 Å². The minimum atomic E-state index is -0.655. The van der Waals surface area contributed by atoms with Gasteiger partial charge >= 0.3 is 11.9 Å². The highest BCUT2D eigenvalue weighted by atomic mass is 16.7. The zero-order valence-electron chi connectivity index (χ0n) is 14.8. The lowest BCUT2D eigenvalue weighted by atomic mass is 9.94. The molecule has 2 aromatic carbocycles.